The molecule has 1 rings (SSSR count). The first kappa shape index (κ1) is 17.8. The highest BCUT2D eigenvalue weighted by Gasteiger charge is 2.13. The molecule has 0 amide bonds. The van der Waals surface area contributed by atoms with Gasteiger partial charge in [-0.25, -0.2) is 0 Å². The van der Waals surface area contributed by atoms with Gasteiger partial charge in [0.05, 0.1) is 16.2 Å². The summed E-state index contributed by atoms with van der Waals surface area (Å²) in [5.41, 5.74) is 1.09. The molecule has 110 valence electrons. The summed E-state index contributed by atoms with van der Waals surface area (Å²) in [5.74, 6) is 0.771. The van der Waals surface area contributed by atoms with Gasteiger partial charge in [-0.3, -0.25) is 0 Å². The van der Waals surface area contributed by atoms with Crippen molar-refractivity contribution < 1.29 is 9.09 Å². The fourth-order valence-corrected chi connectivity index (χ4v) is 3.07. The molecule has 7 heteroatoms. The second-order valence-electron chi connectivity index (χ2n) is 4.01. The van der Waals surface area contributed by atoms with Crippen LogP contribution in [0.1, 0.15) is 25.8 Å². The molecule has 3 nitrogen and oxygen atoms in total. The van der Waals surface area contributed by atoms with Crippen molar-refractivity contribution >= 4 is 43.1 Å². The van der Waals surface area contributed by atoms with Crippen molar-refractivity contribution in [2.24, 2.45) is 0 Å². The molecule has 0 saturated heterocycles. The Labute approximate surface area is 135 Å². The molecule has 1 aromatic rings. The minimum absolute atomic E-state index is 0.492. The van der Waals surface area contributed by atoms with Crippen LogP contribution in [0.5, 0.6) is 0 Å². The molecule has 0 radical (unpaired) electrons. The fraction of sp³-hybridized carbons (Fsp3) is 0.385. The van der Waals surface area contributed by atoms with E-state index in [2.05, 4.69) is 5.09 Å². The second kappa shape index (κ2) is 9.64. The zero-order valence-corrected chi connectivity index (χ0v) is 14.6. The number of halogens is 2. The maximum atomic E-state index is 11.4. The van der Waals surface area contributed by atoms with E-state index in [1.165, 1.54) is 0 Å². The number of benzene rings is 1. The minimum Gasteiger partial charge on any atom is -0.157 e. The highest BCUT2D eigenvalue weighted by molar-refractivity contribution is 8.02. The molecule has 0 aliphatic carbocycles. The summed E-state index contributed by atoms with van der Waals surface area (Å²) in [6.07, 6.45) is 2.55. The molecule has 0 saturated carbocycles. The molecule has 1 aromatic carbocycles. The highest BCUT2D eigenvalue weighted by Crippen LogP contribution is 2.27. The first-order chi connectivity index (χ1) is 9.52. The van der Waals surface area contributed by atoms with Gasteiger partial charge in [-0.2, -0.15) is 5.09 Å². The van der Waals surface area contributed by atoms with Crippen molar-refractivity contribution in [2.45, 2.75) is 26.0 Å². The Morgan fingerprint density at radius 1 is 1.45 bits per heavy atom. The molecule has 0 aliphatic heterocycles. The van der Waals surface area contributed by atoms with Crippen molar-refractivity contribution in [3.8, 4) is 0 Å². The molecule has 0 heterocycles. The standard InChI is InChI=1S/C13H17Cl2NO2PS/c1-3-6-18-19(17)16-8-10(2)20-9-11-4-5-12(14)13(15)7-11/h4-5,7-8H,3,6,9H2,1-2H3,(H,16,17)/q+1/b10-8+. The zero-order valence-electron chi connectivity index (χ0n) is 11.4. The van der Waals surface area contributed by atoms with Crippen LogP contribution in [0.15, 0.2) is 29.3 Å². The van der Waals surface area contributed by atoms with Crippen molar-refractivity contribution in [1.29, 1.82) is 0 Å². The Bertz CT molecular complexity index is 497. The lowest BCUT2D eigenvalue weighted by molar-refractivity contribution is 0.325. The fourth-order valence-electron chi connectivity index (χ4n) is 1.22. The monoisotopic (exact) mass is 352 g/mol. The number of hydrogen-bond donors (Lipinski definition) is 1. The normalized spacial score (nSPS) is 12.4. The Kier molecular flexibility index (Phi) is 8.58. The van der Waals surface area contributed by atoms with E-state index in [9.17, 15) is 4.57 Å². The largest absolute Gasteiger partial charge is 0.642 e. The lowest BCUT2D eigenvalue weighted by Gasteiger charge is -2.03. The Balaban J connectivity index is 2.40. The van der Waals surface area contributed by atoms with E-state index < -0.39 is 8.18 Å². The number of hydrogen-bond acceptors (Lipinski definition) is 3. The summed E-state index contributed by atoms with van der Waals surface area (Å²) in [6, 6.07) is 5.57. The van der Waals surface area contributed by atoms with E-state index >= 15 is 0 Å². The molecule has 1 unspecified atom stereocenters. The predicted molar refractivity (Wildman–Crippen MR) is 88.5 cm³/mol. The number of rotatable bonds is 8. The van der Waals surface area contributed by atoms with E-state index in [0.717, 1.165) is 22.6 Å². The van der Waals surface area contributed by atoms with Crippen molar-refractivity contribution in [3.05, 3.63) is 44.9 Å². The van der Waals surface area contributed by atoms with Crippen LogP contribution in [0.4, 0.5) is 0 Å². The molecule has 0 aromatic heterocycles. The third kappa shape index (κ3) is 6.96. The summed E-state index contributed by atoms with van der Waals surface area (Å²) >= 11 is 13.4. The molecular weight excluding hydrogens is 336 g/mol. The minimum atomic E-state index is -1.82. The van der Waals surface area contributed by atoms with E-state index in [0.29, 0.717) is 16.7 Å². The van der Waals surface area contributed by atoms with Gasteiger partial charge < -0.3 is 0 Å². The van der Waals surface area contributed by atoms with Gasteiger partial charge in [0.25, 0.3) is 0 Å². The third-order valence-electron chi connectivity index (χ3n) is 2.24. The van der Waals surface area contributed by atoms with E-state index in [4.69, 9.17) is 27.7 Å². The van der Waals surface area contributed by atoms with E-state index in [-0.39, 0.29) is 0 Å². The van der Waals surface area contributed by atoms with Gasteiger partial charge in [-0.1, -0.05) is 36.2 Å². The van der Waals surface area contributed by atoms with E-state index in [1.807, 2.05) is 26.0 Å². The number of nitrogens with one attached hydrogen (secondary N) is 1. The van der Waals surface area contributed by atoms with Crippen LogP contribution < -0.4 is 5.09 Å². The average molecular weight is 353 g/mol. The lowest BCUT2D eigenvalue weighted by atomic mass is 10.2. The first-order valence-electron chi connectivity index (χ1n) is 6.12. The van der Waals surface area contributed by atoms with Crippen LogP contribution in [-0.4, -0.2) is 6.61 Å². The van der Waals surface area contributed by atoms with Crippen molar-refractivity contribution in [3.63, 3.8) is 0 Å². The van der Waals surface area contributed by atoms with Crippen molar-refractivity contribution in [1.82, 2.24) is 5.09 Å². The maximum absolute atomic E-state index is 11.4. The SMILES string of the molecule is CCCO[P+](=O)N/C=C(\C)SCc1ccc(Cl)c(Cl)c1. The van der Waals surface area contributed by atoms with Crippen LogP contribution >= 0.6 is 43.1 Å². The van der Waals surface area contributed by atoms with Gasteiger partial charge in [-0.15, -0.1) is 16.3 Å². The summed E-state index contributed by atoms with van der Waals surface area (Å²) in [6.45, 7) is 4.40. The second-order valence-corrected chi connectivity index (χ2v) is 7.08. The molecule has 0 spiro atoms. The number of thioether (sulfide) groups is 1. The van der Waals surface area contributed by atoms with Gasteiger partial charge in [0.2, 0.25) is 0 Å². The van der Waals surface area contributed by atoms with Crippen LogP contribution in [0.25, 0.3) is 0 Å². The zero-order chi connectivity index (χ0) is 15.0. The van der Waals surface area contributed by atoms with Gasteiger partial charge in [0.1, 0.15) is 6.61 Å². The average Bonchev–Trinajstić information content (AvgIpc) is 2.44. The van der Waals surface area contributed by atoms with Crippen molar-refractivity contribution in [2.75, 3.05) is 6.61 Å². The lowest BCUT2D eigenvalue weighted by Crippen LogP contribution is -1.96. The molecule has 20 heavy (non-hydrogen) atoms. The summed E-state index contributed by atoms with van der Waals surface area (Å²) in [4.78, 5) is 1.01. The van der Waals surface area contributed by atoms with Crippen LogP contribution in [0.2, 0.25) is 10.0 Å². The maximum Gasteiger partial charge on any atom is 0.642 e. The number of allylic oxidation sites excluding steroid dienone is 1. The Hall–Kier alpha value is -0.250. The molecule has 0 fully saturated rings. The smallest absolute Gasteiger partial charge is 0.157 e. The Morgan fingerprint density at radius 2 is 2.20 bits per heavy atom. The predicted octanol–water partition coefficient (Wildman–Crippen LogP) is 5.76. The van der Waals surface area contributed by atoms with Crippen LogP contribution in [0.3, 0.4) is 0 Å². The quantitative estimate of drug-likeness (QED) is 0.603. The molecule has 0 bridgehead atoms. The summed E-state index contributed by atoms with van der Waals surface area (Å²) in [5, 5.41) is 3.84. The summed E-state index contributed by atoms with van der Waals surface area (Å²) < 4.78 is 16.4. The Morgan fingerprint density at radius 3 is 2.85 bits per heavy atom. The van der Waals surface area contributed by atoms with Gasteiger partial charge in [0, 0.05) is 10.7 Å². The molecule has 1 N–H and O–H groups in total. The highest BCUT2D eigenvalue weighted by atomic mass is 35.5. The molecule has 1 atom stereocenters. The van der Waals surface area contributed by atoms with Crippen LogP contribution in [0, 0.1) is 0 Å². The molecular formula is C13H17Cl2NO2PS+. The van der Waals surface area contributed by atoms with E-state index in [1.54, 1.807) is 24.0 Å². The molecule has 0 aliphatic rings. The van der Waals surface area contributed by atoms with Gasteiger partial charge in [0.15, 0.2) is 0 Å². The van der Waals surface area contributed by atoms with Gasteiger partial charge in [-0.05, 0) is 35.6 Å². The van der Waals surface area contributed by atoms with Gasteiger partial charge >= 0.3 is 8.18 Å². The topological polar surface area (TPSA) is 38.3 Å². The first-order valence-corrected chi connectivity index (χ1v) is 9.04. The van der Waals surface area contributed by atoms with Crippen LogP contribution in [-0.2, 0) is 14.8 Å². The third-order valence-corrected chi connectivity index (χ3v) is 4.78. The summed E-state index contributed by atoms with van der Waals surface area (Å²) in [7, 11) is -1.82.